The van der Waals surface area contributed by atoms with Crippen molar-refractivity contribution >= 4 is 17.6 Å². The number of thioether (sulfide) groups is 1. The van der Waals surface area contributed by atoms with Crippen molar-refractivity contribution in [1.29, 1.82) is 0 Å². The molecule has 0 amide bonds. The van der Waals surface area contributed by atoms with Gasteiger partial charge in [-0.05, 0) is 11.0 Å². The topological polar surface area (TPSA) is 96.0 Å². The maximum absolute atomic E-state index is 13.3. The summed E-state index contributed by atoms with van der Waals surface area (Å²) in [6, 6.07) is 9.51. The lowest BCUT2D eigenvalue weighted by atomic mass is 10.1. The van der Waals surface area contributed by atoms with E-state index in [0.29, 0.717) is 5.56 Å². The zero-order valence-corrected chi connectivity index (χ0v) is 15.4. The van der Waals surface area contributed by atoms with Crippen LogP contribution in [-0.4, -0.2) is 36.3 Å². The fraction of sp³-hybridized carbons (Fsp3) is 0.235. The number of imidazole rings is 1. The van der Waals surface area contributed by atoms with Gasteiger partial charge in [0, 0.05) is 11.3 Å². The quantitative estimate of drug-likeness (QED) is 0.266. The minimum absolute atomic E-state index is 0.0543. The van der Waals surface area contributed by atoms with E-state index >= 15 is 0 Å². The first kappa shape index (κ1) is 19.2. The smallest absolute Gasteiger partial charge is 0.433 e. The zero-order valence-electron chi connectivity index (χ0n) is 14.5. The summed E-state index contributed by atoms with van der Waals surface area (Å²) in [5.74, 6) is 0.00459. The molecule has 3 heterocycles. The Kier molecular flexibility index (Phi) is 4.86. The summed E-state index contributed by atoms with van der Waals surface area (Å²) in [5, 5.41) is 10.9. The van der Waals surface area contributed by atoms with Gasteiger partial charge in [-0.3, -0.25) is 0 Å². The van der Waals surface area contributed by atoms with Gasteiger partial charge in [0.25, 0.3) is 0 Å². The number of fused-ring (bicyclic) bond motifs is 1. The number of hydrogen-bond acceptors (Lipinski definition) is 7. The molecule has 0 fully saturated rings. The molecule has 4 rings (SSSR count). The minimum atomic E-state index is -4.62. The van der Waals surface area contributed by atoms with Crippen molar-refractivity contribution in [3.8, 4) is 17.3 Å². The molecule has 29 heavy (non-hydrogen) atoms. The van der Waals surface area contributed by atoms with Crippen LogP contribution in [-0.2, 0) is 12.7 Å². The molecule has 0 aliphatic carbocycles. The molecular weight excluding hydrogens is 411 g/mol. The standard InChI is InChI=1S/C17H12F3N5O3S/c18-17(19,20)13-6-12(10-4-2-1-3-5-10)22-15(23-13)29-9-11-8-24-14(25(26)27)7-21-16(24)28-11/h1-7,11H,8-9H2/t11-/m1/s1. The lowest BCUT2D eigenvalue weighted by Gasteiger charge is -2.11. The third-order valence-electron chi connectivity index (χ3n) is 4.11. The number of nitrogens with zero attached hydrogens (tertiary/aromatic N) is 5. The normalized spacial score (nSPS) is 15.8. The average molecular weight is 423 g/mol. The Morgan fingerprint density at radius 2 is 2.03 bits per heavy atom. The van der Waals surface area contributed by atoms with Gasteiger partial charge in [0.1, 0.15) is 18.4 Å². The Hall–Kier alpha value is -3.15. The molecule has 8 nitrogen and oxygen atoms in total. The van der Waals surface area contributed by atoms with Gasteiger partial charge in [0.05, 0.1) is 5.69 Å². The Bertz CT molecular complexity index is 1060. The summed E-state index contributed by atoms with van der Waals surface area (Å²) in [6.45, 7) is 0.170. The molecule has 3 aromatic rings. The van der Waals surface area contributed by atoms with Crippen molar-refractivity contribution < 1.29 is 22.8 Å². The van der Waals surface area contributed by atoms with E-state index in [1.807, 2.05) is 0 Å². The van der Waals surface area contributed by atoms with Crippen LogP contribution in [0.25, 0.3) is 11.3 Å². The number of aromatic nitrogens is 4. The van der Waals surface area contributed by atoms with Crippen LogP contribution in [0.4, 0.5) is 19.0 Å². The molecule has 1 atom stereocenters. The monoisotopic (exact) mass is 423 g/mol. The number of alkyl halides is 3. The highest BCUT2D eigenvalue weighted by Crippen LogP contribution is 2.33. The Labute approximate surface area is 165 Å². The van der Waals surface area contributed by atoms with Gasteiger partial charge >= 0.3 is 18.0 Å². The molecule has 0 unspecified atom stereocenters. The number of nitro groups is 1. The van der Waals surface area contributed by atoms with Crippen LogP contribution in [0, 0.1) is 10.1 Å². The molecule has 1 aromatic carbocycles. The molecule has 0 N–H and O–H groups in total. The SMILES string of the molecule is O=[N+]([O-])c1cnc2n1C[C@H](CSc1nc(-c3ccccc3)cc(C(F)(F)F)n1)O2. The Balaban J connectivity index is 1.54. The van der Waals surface area contributed by atoms with E-state index < -0.39 is 22.9 Å². The Morgan fingerprint density at radius 1 is 1.28 bits per heavy atom. The molecule has 0 radical (unpaired) electrons. The predicted octanol–water partition coefficient (Wildman–Crippen LogP) is 3.82. The minimum Gasteiger partial charge on any atom is -0.439 e. The van der Waals surface area contributed by atoms with Crippen molar-refractivity contribution in [3.05, 3.63) is 58.4 Å². The summed E-state index contributed by atoms with van der Waals surface area (Å²) in [5.41, 5.74) is -0.341. The summed E-state index contributed by atoms with van der Waals surface area (Å²) < 4.78 is 46.6. The van der Waals surface area contributed by atoms with E-state index in [1.54, 1.807) is 30.3 Å². The van der Waals surface area contributed by atoms with Gasteiger partial charge in [0.2, 0.25) is 0 Å². The number of benzene rings is 1. The summed E-state index contributed by atoms with van der Waals surface area (Å²) >= 11 is 0.987. The molecular formula is C17H12F3N5O3S. The second kappa shape index (κ2) is 7.35. The zero-order chi connectivity index (χ0) is 20.6. The number of rotatable bonds is 5. The number of halogens is 3. The van der Waals surface area contributed by atoms with E-state index in [-0.39, 0.29) is 35.0 Å². The third kappa shape index (κ3) is 4.01. The van der Waals surface area contributed by atoms with Crippen molar-refractivity contribution in [2.24, 2.45) is 0 Å². The van der Waals surface area contributed by atoms with Crippen LogP contribution in [0.3, 0.4) is 0 Å². The number of ether oxygens (including phenoxy) is 1. The van der Waals surface area contributed by atoms with Crippen molar-refractivity contribution in [2.75, 3.05) is 5.75 Å². The molecule has 12 heteroatoms. The fourth-order valence-electron chi connectivity index (χ4n) is 2.80. The lowest BCUT2D eigenvalue weighted by molar-refractivity contribution is -0.392. The maximum atomic E-state index is 13.3. The molecule has 150 valence electrons. The molecule has 2 aromatic heterocycles. The highest BCUT2D eigenvalue weighted by molar-refractivity contribution is 7.99. The van der Waals surface area contributed by atoms with Crippen LogP contribution in [0.1, 0.15) is 5.69 Å². The maximum Gasteiger partial charge on any atom is 0.433 e. The average Bonchev–Trinajstić information content (AvgIpc) is 3.26. The van der Waals surface area contributed by atoms with Crippen LogP contribution in [0.15, 0.2) is 47.8 Å². The third-order valence-corrected chi connectivity index (χ3v) is 5.09. The summed E-state index contributed by atoms with van der Waals surface area (Å²) in [4.78, 5) is 22.1. The second-order valence-electron chi connectivity index (χ2n) is 6.10. The van der Waals surface area contributed by atoms with Crippen molar-refractivity contribution in [2.45, 2.75) is 24.0 Å². The molecule has 1 aliphatic heterocycles. The van der Waals surface area contributed by atoms with E-state index in [0.717, 1.165) is 24.0 Å². The molecule has 1 aliphatic rings. The van der Waals surface area contributed by atoms with Gasteiger partial charge in [0.15, 0.2) is 11.3 Å². The van der Waals surface area contributed by atoms with E-state index in [4.69, 9.17) is 4.74 Å². The summed E-state index contributed by atoms with van der Waals surface area (Å²) in [6.07, 6.45) is -4.02. The van der Waals surface area contributed by atoms with Gasteiger partial charge in [-0.25, -0.2) is 9.97 Å². The van der Waals surface area contributed by atoms with E-state index in [2.05, 4.69) is 15.0 Å². The van der Waals surface area contributed by atoms with Gasteiger partial charge < -0.3 is 14.9 Å². The molecule has 0 bridgehead atoms. The molecule has 0 spiro atoms. The van der Waals surface area contributed by atoms with E-state index in [1.165, 1.54) is 4.57 Å². The second-order valence-corrected chi connectivity index (χ2v) is 7.09. The van der Waals surface area contributed by atoms with Crippen molar-refractivity contribution in [1.82, 2.24) is 19.5 Å². The Morgan fingerprint density at radius 3 is 2.72 bits per heavy atom. The fourth-order valence-corrected chi connectivity index (χ4v) is 3.63. The highest BCUT2D eigenvalue weighted by Gasteiger charge is 2.36. The lowest BCUT2D eigenvalue weighted by Crippen LogP contribution is -2.18. The van der Waals surface area contributed by atoms with Gasteiger partial charge in [-0.15, -0.1) is 0 Å². The summed E-state index contributed by atoms with van der Waals surface area (Å²) in [7, 11) is 0. The molecule has 0 saturated carbocycles. The van der Waals surface area contributed by atoms with E-state index in [9.17, 15) is 23.3 Å². The van der Waals surface area contributed by atoms with Crippen molar-refractivity contribution in [3.63, 3.8) is 0 Å². The van der Waals surface area contributed by atoms with Gasteiger partial charge in [-0.2, -0.15) is 22.7 Å². The first-order valence-electron chi connectivity index (χ1n) is 8.32. The van der Waals surface area contributed by atoms with Crippen LogP contribution in [0.5, 0.6) is 6.01 Å². The molecule has 0 saturated heterocycles. The van der Waals surface area contributed by atoms with Crippen LogP contribution in [0.2, 0.25) is 0 Å². The van der Waals surface area contributed by atoms with Crippen LogP contribution >= 0.6 is 11.8 Å². The predicted molar refractivity (Wildman–Crippen MR) is 96.5 cm³/mol. The number of hydrogen-bond donors (Lipinski definition) is 0. The highest BCUT2D eigenvalue weighted by atomic mass is 32.2. The first-order valence-corrected chi connectivity index (χ1v) is 9.31. The largest absolute Gasteiger partial charge is 0.439 e. The van der Waals surface area contributed by atoms with Gasteiger partial charge in [-0.1, -0.05) is 42.1 Å². The first-order chi connectivity index (χ1) is 13.8. The van der Waals surface area contributed by atoms with Crippen LogP contribution < -0.4 is 4.74 Å².